The lowest BCUT2D eigenvalue weighted by Gasteiger charge is -2.47. The zero-order chi connectivity index (χ0) is 39.3. The highest BCUT2D eigenvalue weighted by atomic mass is 15.2. The molecule has 4 aliphatic heterocycles. The van der Waals surface area contributed by atoms with Crippen LogP contribution in [0.1, 0.15) is 0 Å². The lowest BCUT2D eigenvalue weighted by molar-refractivity contribution is 1.23. The van der Waals surface area contributed by atoms with Crippen LogP contribution in [0.3, 0.4) is 0 Å². The lowest BCUT2D eigenvalue weighted by Crippen LogP contribution is -2.65. The summed E-state index contributed by atoms with van der Waals surface area (Å²) < 4.78 is 0. The van der Waals surface area contributed by atoms with Crippen molar-refractivity contribution < 1.29 is 0 Å². The first-order chi connectivity index (χ1) is 29.8. The summed E-state index contributed by atoms with van der Waals surface area (Å²) >= 11 is 0. The van der Waals surface area contributed by atoms with Gasteiger partial charge in [-0.25, -0.2) is 0 Å². The first-order valence-electron chi connectivity index (χ1n) is 20.9. The summed E-state index contributed by atoms with van der Waals surface area (Å²) in [5.41, 5.74) is 22.2. The molecular formula is C54H36B2N4. The molecule has 0 saturated heterocycles. The molecule has 0 aromatic heterocycles. The molecule has 0 bridgehead atoms. The first kappa shape index (κ1) is 33.3. The maximum absolute atomic E-state index is 2.59. The van der Waals surface area contributed by atoms with Crippen molar-refractivity contribution in [3.63, 3.8) is 0 Å². The quantitative estimate of drug-likeness (QED) is 0.166. The second-order valence-corrected chi connectivity index (χ2v) is 16.1. The van der Waals surface area contributed by atoms with Gasteiger partial charge in [0.25, 0.3) is 13.4 Å². The van der Waals surface area contributed by atoms with E-state index in [1.54, 1.807) is 0 Å². The van der Waals surface area contributed by atoms with Crippen LogP contribution in [0.5, 0.6) is 0 Å². The Bertz CT molecular complexity index is 2930. The predicted molar refractivity (Wildman–Crippen MR) is 254 cm³/mol. The van der Waals surface area contributed by atoms with Gasteiger partial charge in [-0.1, -0.05) is 127 Å². The van der Waals surface area contributed by atoms with E-state index in [9.17, 15) is 0 Å². The van der Waals surface area contributed by atoms with Crippen LogP contribution in [0.25, 0.3) is 0 Å². The molecule has 0 spiro atoms. The Hall–Kier alpha value is -7.69. The highest BCUT2D eigenvalue weighted by Gasteiger charge is 2.47. The minimum atomic E-state index is 0.00842. The molecule has 9 aromatic rings. The minimum absolute atomic E-state index is 0.00842. The van der Waals surface area contributed by atoms with E-state index in [4.69, 9.17) is 0 Å². The highest BCUT2D eigenvalue weighted by Crippen LogP contribution is 2.48. The van der Waals surface area contributed by atoms with E-state index in [0.717, 1.165) is 22.7 Å². The van der Waals surface area contributed by atoms with Crippen molar-refractivity contribution in [3.05, 3.63) is 218 Å². The van der Waals surface area contributed by atoms with Gasteiger partial charge in [-0.2, -0.15) is 0 Å². The van der Waals surface area contributed by atoms with E-state index >= 15 is 0 Å². The first-order valence-corrected chi connectivity index (χ1v) is 20.9. The Morgan fingerprint density at radius 2 is 0.500 bits per heavy atom. The molecule has 60 heavy (non-hydrogen) atoms. The van der Waals surface area contributed by atoms with Gasteiger partial charge in [0.05, 0.1) is 0 Å². The molecule has 4 nitrogen and oxygen atoms in total. The Kier molecular flexibility index (Phi) is 7.16. The molecule has 13 rings (SSSR count). The largest absolute Gasteiger partial charge is 0.311 e. The average Bonchev–Trinajstić information content (AvgIpc) is 3.32. The molecule has 0 unspecified atom stereocenters. The van der Waals surface area contributed by atoms with Crippen LogP contribution in [-0.2, 0) is 0 Å². The summed E-state index contributed by atoms with van der Waals surface area (Å²) in [6, 6.07) is 80.5. The summed E-state index contributed by atoms with van der Waals surface area (Å²) in [6.07, 6.45) is 0. The number of rotatable bonds is 4. The van der Waals surface area contributed by atoms with Crippen molar-refractivity contribution >= 4 is 114 Å². The Morgan fingerprint density at radius 1 is 0.217 bits per heavy atom. The number of hydrogen-bond acceptors (Lipinski definition) is 4. The molecule has 6 heteroatoms. The molecule has 0 fully saturated rings. The van der Waals surface area contributed by atoms with Crippen LogP contribution in [0, 0.1) is 0 Å². The van der Waals surface area contributed by atoms with Gasteiger partial charge < -0.3 is 19.6 Å². The van der Waals surface area contributed by atoms with Gasteiger partial charge in [0.1, 0.15) is 0 Å². The third-order valence-electron chi connectivity index (χ3n) is 13.0. The normalized spacial score (nSPS) is 13.8. The lowest BCUT2D eigenvalue weighted by atomic mass is 9.30. The predicted octanol–water partition coefficient (Wildman–Crippen LogP) is 9.85. The minimum Gasteiger partial charge on any atom is -0.311 e. The Balaban J connectivity index is 1.14. The van der Waals surface area contributed by atoms with Gasteiger partial charge in [-0.15, -0.1) is 0 Å². The SMILES string of the molecule is c1ccc(N2c3ccccc3B3c4cc5c(cc4N(c4ccccc4)c4cccc2c43)N(c2ccccc2)c2cccc3c2B5c2ccccc2N3c2ccccc2)cc1. The van der Waals surface area contributed by atoms with E-state index < -0.39 is 0 Å². The number of hydrogen-bond donors (Lipinski definition) is 0. The van der Waals surface area contributed by atoms with Crippen LogP contribution >= 0.6 is 0 Å². The molecule has 0 N–H and O–H groups in total. The molecule has 0 atom stereocenters. The van der Waals surface area contributed by atoms with Crippen LogP contribution in [0.2, 0.25) is 0 Å². The van der Waals surface area contributed by atoms with Crippen molar-refractivity contribution in [2.45, 2.75) is 0 Å². The molecule has 9 aromatic carbocycles. The molecule has 0 saturated carbocycles. The van der Waals surface area contributed by atoms with Crippen molar-refractivity contribution in [2.75, 3.05) is 19.6 Å². The topological polar surface area (TPSA) is 13.0 Å². The standard InChI is InChI=1S/C54H36B2N4/c1-5-19-37(20-6-1)57-45-29-15-13-27-41(45)55-43-35-44-52(36-51(43)59(39-23-9-3-10-24-39)49-33-17-31-47(57)53(49)55)60(40-25-11-4-12-26-40)50-34-18-32-48-54(50)56(44)42-28-14-16-30-46(42)58(48)38-21-7-2-8-22-38/h1-36H. The maximum Gasteiger partial charge on any atom is 0.252 e. The number of nitrogens with zero attached hydrogens (tertiary/aromatic N) is 4. The fraction of sp³-hybridized carbons (Fsp3) is 0. The van der Waals surface area contributed by atoms with Crippen LogP contribution in [0.4, 0.5) is 68.2 Å². The van der Waals surface area contributed by atoms with E-state index in [1.807, 2.05) is 0 Å². The van der Waals surface area contributed by atoms with Gasteiger partial charge >= 0.3 is 0 Å². The molecular weight excluding hydrogens is 726 g/mol. The van der Waals surface area contributed by atoms with E-state index in [2.05, 4.69) is 238 Å². The second kappa shape index (κ2) is 12.9. The third-order valence-corrected chi connectivity index (χ3v) is 13.0. The highest BCUT2D eigenvalue weighted by molar-refractivity contribution is 7.03. The summed E-state index contributed by atoms with van der Waals surface area (Å²) in [7, 11) is 0. The molecule has 4 heterocycles. The monoisotopic (exact) mass is 762 g/mol. The summed E-state index contributed by atoms with van der Waals surface area (Å²) in [5, 5.41) is 0. The van der Waals surface area contributed by atoms with Gasteiger partial charge in [-0.05, 0) is 124 Å². The van der Waals surface area contributed by atoms with Crippen LogP contribution in [0.15, 0.2) is 218 Å². The number of benzene rings is 9. The van der Waals surface area contributed by atoms with Gasteiger partial charge in [-0.3, -0.25) is 0 Å². The second-order valence-electron chi connectivity index (χ2n) is 16.1. The zero-order valence-electron chi connectivity index (χ0n) is 32.7. The van der Waals surface area contributed by atoms with E-state index in [-0.39, 0.29) is 13.4 Å². The fourth-order valence-electron chi connectivity index (χ4n) is 10.7. The molecule has 278 valence electrons. The van der Waals surface area contributed by atoms with Gasteiger partial charge in [0, 0.05) is 68.2 Å². The van der Waals surface area contributed by atoms with Gasteiger partial charge in [0.15, 0.2) is 0 Å². The summed E-state index contributed by atoms with van der Waals surface area (Å²) in [6.45, 7) is 0.0168. The van der Waals surface area contributed by atoms with Crippen molar-refractivity contribution in [3.8, 4) is 0 Å². The van der Waals surface area contributed by atoms with Crippen molar-refractivity contribution in [1.29, 1.82) is 0 Å². The van der Waals surface area contributed by atoms with Crippen molar-refractivity contribution in [2.24, 2.45) is 0 Å². The molecule has 0 aliphatic carbocycles. The van der Waals surface area contributed by atoms with Crippen LogP contribution in [-0.4, -0.2) is 13.4 Å². The Morgan fingerprint density at radius 3 is 0.850 bits per heavy atom. The molecule has 0 amide bonds. The number of para-hydroxylation sites is 6. The van der Waals surface area contributed by atoms with E-state index in [0.29, 0.717) is 0 Å². The third kappa shape index (κ3) is 4.64. The van der Waals surface area contributed by atoms with Crippen LogP contribution < -0.4 is 52.4 Å². The maximum atomic E-state index is 2.59. The average molecular weight is 763 g/mol. The number of fused-ring (bicyclic) bond motifs is 8. The zero-order valence-corrected chi connectivity index (χ0v) is 32.7. The van der Waals surface area contributed by atoms with Gasteiger partial charge in [0.2, 0.25) is 0 Å². The summed E-state index contributed by atoms with van der Waals surface area (Å²) in [4.78, 5) is 9.96. The summed E-state index contributed by atoms with van der Waals surface area (Å²) in [5.74, 6) is 0. The Labute approximate surface area is 351 Å². The molecule has 4 aliphatic rings. The van der Waals surface area contributed by atoms with E-state index in [1.165, 1.54) is 78.3 Å². The molecule has 0 radical (unpaired) electrons. The fourth-order valence-corrected chi connectivity index (χ4v) is 10.7. The smallest absolute Gasteiger partial charge is 0.252 e. The van der Waals surface area contributed by atoms with Crippen molar-refractivity contribution in [1.82, 2.24) is 0 Å². The number of anilines is 12.